The van der Waals surface area contributed by atoms with Gasteiger partial charge < -0.3 is 19.5 Å². The minimum absolute atomic E-state index is 0.0117. The topological polar surface area (TPSA) is 94.2 Å². The number of hydrogen-bond acceptors (Lipinski definition) is 6. The highest BCUT2D eigenvalue weighted by atomic mass is 32.2. The fourth-order valence-corrected chi connectivity index (χ4v) is 5.39. The number of nitrogens with zero attached hydrogens (tertiary/aromatic N) is 1. The van der Waals surface area contributed by atoms with E-state index in [-0.39, 0.29) is 28.7 Å². The van der Waals surface area contributed by atoms with Crippen LogP contribution in [0.1, 0.15) is 41.6 Å². The second kappa shape index (κ2) is 10.7. The van der Waals surface area contributed by atoms with Crippen LogP contribution in [0.3, 0.4) is 0 Å². The lowest BCUT2D eigenvalue weighted by molar-refractivity contribution is 0.0950. The van der Waals surface area contributed by atoms with E-state index >= 15 is 0 Å². The quantitative estimate of drug-likeness (QED) is 0.648. The van der Waals surface area contributed by atoms with Crippen LogP contribution in [-0.2, 0) is 16.6 Å². The Morgan fingerprint density at radius 3 is 2.09 bits per heavy atom. The molecule has 1 fully saturated rings. The third-order valence-electron chi connectivity index (χ3n) is 5.47. The molecule has 0 atom stereocenters. The summed E-state index contributed by atoms with van der Waals surface area (Å²) in [6, 6.07) is 9.81. The Kier molecular flexibility index (Phi) is 7.98. The molecule has 1 heterocycles. The van der Waals surface area contributed by atoms with Crippen LogP contribution in [-0.4, -0.2) is 53.0 Å². The lowest BCUT2D eigenvalue weighted by atomic mass is 10.1. The maximum atomic E-state index is 13.3. The molecular weight excluding hydrogens is 432 g/mol. The molecule has 2 aromatic carbocycles. The van der Waals surface area contributed by atoms with Crippen molar-refractivity contribution in [2.45, 2.75) is 37.1 Å². The van der Waals surface area contributed by atoms with Crippen molar-refractivity contribution in [3.05, 3.63) is 47.5 Å². The van der Waals surface area contributed by atoms with Gasteiger partial charge in [0.05, 0.1) is 21.3 Å². The highest BCUT2D eigenvalue weighted by Crippen LogP contribution is 2.29. The zero-order chi connectivity index (χ0) is 23.1. The Balaban J connectivity index is 1.82. The van der Waals surface area contributed by atoms with E-state index < -0.39 is 10.0 Å². The molecular formula is C23H30N2O6S. The van der Waals surface area contributed by atoms with Crippen molar-refractivity contribution < 1.29 is 27.4 Å². The van der Waals surface area contributed by atoms with Crippen LogP contribution in [0.4, 0.5) is 0 Å². The van der Waals surface area contributed by atoms with E-state index in [2.05, 4.69) is 5.32 Å². The third kappa shape index (κ3) is 5.52. The number of methoxy groups -OCH3 is 3. The van der Waals surface area contributed by atoms with E-state index in [0.717, 1.165) is 31.2 Å². The van der Waals surface area contributed by atoms with E-state index in [1.807, 2.05) is 0 Å². The van der Waals surface area contributed by atoms with Crippen molar-refractivity contribution in [2.75, 3.05) is 34.4 Å². The molecule has 32 heavy (non-hydrogen) atoms. The molecule has 0 radical (unpaired) electrons. The van der Waals surface area contributed by atoms with Crippen molar-refractivity contribution in [3.8, 4) is 17.2 Å². The predicted molar refractivity (Wildman–Crippen MR) is 121 cm³/mol. The molecule has 1 aliphatic heterocycles. The van der Waals surface area contributed by atoms with Gasteiger partial charge in [0.25, 0.3) is 5.91 Å². The molecule has 9 heteroatoms. The second-order valence-corrected chi connectivity index (χ2v) is 9.49. The summed E-state index contributed by atoms with van der Waals surface area (Å²) in [7, 11) is 0.762. The Morgan fingerprint density at radius 1 is 0.906 bits per heavy atom. The maximum Gasteiger partial charge on any atom is 0.251 e. The van der Waals surface area contributed by atoms with Gasteiger partial charge in [0.2, 0.25) is 10.0 Å². The van der Waals surface area contributed by atoms with Crippen LogP contribution in [0, 0.1) is 0 Å². The minimum Gasteiger partial charge on any atom is -0.497 e. The van der Waals surface area contributed by atoms with E-state index in [9.17, 15) is 13.2 Å². The molecule has 174 valence electrons. The van der Waals surface area contributed by atoms with Crippen LogP contribution in [0.15, 0.2) is 41.3 Å². The van der Waals surface area contributed by atoms with Crippen LogP contribution >= 0.6 is 0 Å². The standard InChI is InChI=1S/C23H30N2O6S/c1-29-19-12-17(13-20(15-19)30-2)16-24-23(26)18-8-9-21(31-3)22(14-18)32(27,28)25-10-6-4-5-7-11-25/h8-9,12-15H,4-7,10-11,16H2,1-3H3,(H,24,26). The van der Waals surface area contributed by atoms with Gasteiger partial charge in [-0.25, -0.2) is 8.42 Å². The van der Waals surface area contributed by atoms with Crippen LogP contribution in [0.2, 0.25) is 0 Å². The number of amides is 1. The third-order valence-corrected chi connectivity index (χ3v) is 7.39. The zero-order valence-corrected chi connectivity index (χ0v) is 19.5. The molecule has 0 unspecified atom stereocenters. The van der Waals surface area contributed by atoms with Gasteiger partial charge >= 0.3 is 0 Å². The van der Waals surface area contributed by atoms with Gasteiger partial charge in [-0.05, 0) is 48.7 Å². The summed E-state index contributed by atoms with van der Waals surface area (Å²) >= 11 is 0. The van der Waals surface area contributed by atoms with Crippen molar-refractivity contribution in [3.63, 3.8) is 0 Å². The number of benzene rings is 2. The van der Waals surface area contributed by atoms with Gasteiger partial charge in [-0.3, -0.25) is 4.79 Å². The van der Waals surface area contributed by atoms with Crippen molar-refractivity contribution in [1.29, 1.82) is 0 Å². The van der Waals surface area contributed by atoms with Gasteiger partial charge in [-0.1, -0.05) is 12.8 Å². The van der Waals surface area contributed by atoms with Gasteiger partial charge in [0, 0.05) is 31.3 Å². The second-order valence-electron chi connectivity index (χ2n) is 7.59. The predicted octanol–water partition coefficient (Wildman–Crippen LogP) is 3.21. The first-order valence-corrected chi connectivity index (χ1v) is 12.0. The molecule has 1 aliphatic rings. The lowest BCUT2D eigenvalue weighted by Crippen LogP contribution is -2.32. The number of hydrogen-bond donors (Lipinski definition) is 1. The Hall–Kier alpha value is -2.78. The molecule has 0 saturated carbocycles. The van der Waals surface area contributed by atoms with E-state index in [0.29, 0.717) is 24.6 Å². The number of nitrogens with one attached hydrogen (secondary N) is 1. The Labute approximate surface area is 189 Å². The van der Waals surface area contributed by atoms with Crippen LogP contribution < -0.4 is 19.5 Å². The summed E-state index contributed by atoms with van der Waals surface area (Å²) in [5.74, 6) is 1.07. The summed E-state index contributed by atoms with van der Waals surface area (Å²) < 4.78 is 43.9. The highest BCUT2D eigenvalue weighted by Gasteiger charge is 2.29. The van der Waals surface area contributed by atoms with Crippen LogP contribution in [0.5, 0.6) is 17.2 Å². The molecule has 3 rings (SSSR count). The maximum absolute atomic E-state index is 13.3. The van der Waals surface area contributed by atoms with Crippen molar-refractivity contribution >= 4 is 15.9 Å². The van der Waals surface area contributed by atoms with Crippen molar-refractivity contribution in [1.82, 2.24) is 9.62 Å². The molecule has 0 bridgehead atoms. The van der Waals surface area contributed by atoms with Gasteiger partial charge in [-0.2, -0.15) is 4.31 Å². The number of ether oxygens (including phenoxy) is 3. The summed E-state index contributed by atoms with van der Waals surface area (Å²) in [6.07, 6.45) is 3.68. The first kappa shape index (κ1) is 23.9. The first-order valence-electron chi connectivity index (χ1n) is 10.6. The van der Waals surface area contributed by atoms with Gasteiger partial charge in [0.15, 0.2) is 0 Å². The average molecular weight is 463 g/mol. The van der Waals surface area contributed by atoms with Crippen LogP contribution in [0.25, 0.3) is 0 Å². The zero-order valence-electron chi connectivity index (χ0n) is 18.7. The van der Waals surface area contributed by atoms with Gasteiger partial charge in [-0.15, -0.1) is 0 Å². The number of rotatable bonds is 8. The van der Waals surface area contributed by atoms with E-state index in [1.54, 1.807) is 38.5 Å². The molecule has 8 nitrogen and oxygen atoms in total. The molecule has 0 aliphatic carbocycles. The van der Waals surface area contributed by atoms with E-state index in [4.69, 9.17) is 14.2 Å². The molecule has 1 amide bonds. The molecule has 2 aromatic rings. The monoisotopic (exact) mass is 462 g/mol. The highest BCUT2D eigenvalue weighted by molar-refractivity contribution is 7.89. The Bertz CT molecular complexity index is 1020. The fraction of sp³-hybridized carbons (Fsp3) is 0.435. The van der Waals surface area contributed by atoms with Gasteiger partial charge in [0.1, 0.15) is 22.1 Å². The average Bonchev–Trinajstić information content (AvgIpc) is 3.12. The smallest absolute Gasteiger partial charge is 0.251 e. The lowest BCUT2D eigenvalue weighted by Gasteiger charge is -2.21. The first-order chi connectivity index (χ1) is 15.4. The summed E-state index contributed by atoms with van der Waals surface area (Å²) in [5.41, 5.74) is 1.04. The largest absolute Gasteiger partial charge is 0.497 e. The Morgan fingerprint density at radius 2 is 1.53 bits per heavy atom. The molecule has 1 saturated heterocycles. The fourth-order valence-electron chi connectivity index (χ4n) is 3.69. The summed E-state index contributed by atoms with van der Waals surface area (Å²) in [5, 5.41) is 2.82. The molecule has 0 spiro atoms. The minimum atomic E-state index is -3.77. The number of carbonyl (C=O) groups is 1. The van der Waals surface area contributed by atoms with E-state index in [1.165, 1.54) is 23.5 Å². The number of sulfonamides is 1. The summed E-state index contributed by atoms with van der Waals surface area (Å²) in [4.78, 5) is 12.8. The molecule has 0 aromatic heterocycles. The van der Waals surface area contributed by atoms with Crippen molar-refractivity contribution in [2.24, 2.45) is 0 Å². The number of carbonyl (C=O) groups excluding carboxylic acids is 1. The summed E-state index contributed by atoms with van der Waals surface area (Å²) in [6.45, 7) is 1.17. The SMILES string of the molecule is COc1cc(CNC(=O)c2ccc(OC)c(S(=O)(=O)N3CCCCCC3)c2)cc(OC)c1. The normalized spacial score (nSPS) is 15.0. The molecule has 1 N–H and O–H groups in total.